The van der Waals surface area contributed by atoms with Gasteiger partial charge in [0.25, 0.3) is 5.56 Å². The molecule has 0 bridgehead atoms. The van der Waals surface area contributed by atoms with Crippen LogP contribution in [0.2, 0.25) is 0 Å². The molecular weight excluding hydrogens is 283 g/mol. The number of benzene rings is 2. The lowest BCUT2D eigenvalue weighted by molar-refractivity contribution is 0.0788. The zero-order valence-corrected chi connectivity index (χ0v) is 11.8. The largest absolute Gasteiger partial charge is 0.372 e. The molecule has 110 valence electrons. The van der Waals surface area contributed by atoms with Crippen molar-refractivity contribution in [3.63, 3.8) is 0 Å². The molecule has 0 atom stereocenters. The van der Waals surface area contributed by atoms with Crippen molar-refractivity contribution in [3.8, 4) is 11.1 Å². The molecule has 0 unspecified atom stereocenters. The van der Waals surface area contributed by atoms with Crippen molar-refractivity contribution >= 4 is 10.9 Å². The van der Waals surface area contributed by atoms with Crippen LogP contribution >= 0.6 is 0 Å². The Morgan fingerprint density at radius 1 is 1.09 bits per heavy atom. The highest BCUT2D eigenvalue weighted by Crippen LogP contribution is 2.23. The van der Waals surface area contributed by atoms with Crippen molar-refractivity contribution in [1.29, 1.82) is 0 Å². The number of fused-ring (bicyclic) bond motifs is 2. The Hall–Kier alpha value is -2.53. The summed E-state index contributed by atoms with van der Waals surface area (Å²) in [5, 5.41) is 0.594. The number of rotatable bonds is 1. The fourth-order valence-corrected chi connectivity index (χ4v) is 2.75. The van der Waals surface area contributed by atoms with E-state index in [9.17, 15) is 9.18 Å². The summed E-state index contributed by atoms with van der Waals surface area (Å²) >= 11 is 0. The van der Waals surface area contributed by atoms with Crippen LogP contribution in [0, 0.1) is 5.82 Å². The lowest BCUT2D eigenvalue weighted by Crippen LogP contribution is -2.31. The maximum atomic E-state index is 13.0. The van der Waals surface area contributed by atoms with Crippen molar-refractivity contribution < 1.29 is 9.13 Å². The van der Waals surface area contributed by atoms with Crippen LogP contribution in [0.3, 0.4) is 0 Å². The van der Waals surface area contributed by atoms with Crippen molar-refractivity contribution in [2.24, 2.45) is 0 Å². The molecule has 2 heterocycles. The standard InChI is InChI=1S/C17H13FN2O2/c18-13-4-1-11(2-5-13)12-3-6-14-15(9-12)19-16-10-22-8-7-20(16)17(14)21/h1-6,9H,7-8,10H2. The Bertz CT molecular complexity index is 916. The molecule has 0 spiro atoms. The number of hydrogen-bond acceptors (Lipinski definition) is 3. The van der Waals surface area contributed by atoms with Gasteiger partial charge in [0, 0.05) is 0 Å². The molecule has 0 fully saturated rings. The molecule has 4 rings (SSSR count). The Labute approximate surface area is 125 Å². The average molecular weight is 296 g/mol. The molecule has 1 aliphatic heterocycles. The molecule has 1 aromatic heterocycles. The van der Waals surface area contributed by atoms with E-state index in [4.69, 9.17) is 4.74 Å². The third-order valence-electron chi connectivity index (χ3n) is 3.90. The quantitative estimate of drug-likeness (QED) is 0.693. The van der Waals surface area contributed by atoms with Gasteiger partial charge in [0.1, 0.15) is 18.2 Å². The summed E-state index contributed by atoms with van der Waals surface area (Å²) in [6.45, 7) is 1.43. The van der Waals surface area contributed by atoms with Gasteiger partial charge in [-0.3, -0.25) is 9.36 Å². The van der Waals surface area contributed by atoms with Gasteiger partial charge in [-0.1, -0.05) is 18.2 Å². The van der Waals surface area contributed by atoms with E-state index in [-0.39, 0.29) is 11.4 Å². The van der Waals surface area contributed by atoms with Gasteiger partial charge >= 0.3 is 0 Å². The Morgan fingerprint density at radius 3 is 2.68 bits per heavy atom. The van der Waals surface area contributed by atoms with Crippen LogP contribution in [0.1, 0.15) is 5.82 Å². The topological polar surface area (TPSA) is 44.1 Å². The minimum Gasteiger partial charge on any atom is -0.372 e. The van der Waals surface area contributed by atoms with Gasteiger partial charge in [0.15, 0.2) is 0 Å². The summed E-state index contributed by atoms with van der Waals surface area (Å²) in [5.74, 6) is 0.382. The van der Waals surface area contributed by atoms with E-state index in [0.29, 0.717) is 36.5 Å². The molecule has 22 heavy (non-hydrogen) atoms. The molecule has 0 amide bonds. The van der Waals surface area contributed by atoms with Crippen LogP contribution in [0.5, 0.6) is 0 Å². The van der Waals surface area contributed by atoms with Crippen LogP contribution in [0.15, 0.2) is 47.3 Å². The van der Waals surface area contributed by atoms with Gasteiger partial charge in [-0.15, -0.1) is 0 Å². The molecular formula is C17H13FN2O2. The van der Waals surface area contributed by atoms with Gasteiger partial charge in [-0.2, -0.15) is 0 Å². The van der Waals surface area contributed by atoms with Crippen LogP contribution in [0.25, 0.3) is 22.0 Å². The average Bonchev–Trinajstić information content (AvgIpc) is 2.55. The molecule has 0 saturated carbocycles. The molecule has 5 heteroatoms. The Morgan fingerprint density at radius 2 is 1.86 bits per heavy atom. The van der Waals surface area contributed by atoms with Gasteiger partial charge in [0.05, 0.1) is 24.1 Å². The van der Waals surface area contributed by atoms with Gasteiger partial charge in [-0.05, 0) is 35.4 Å². The van der Waals surface area contributed by atoms with E-state index in [1.54, 1.807) is 22.8 Å². The molecule has 3 aromatic rings. The number of hydrogen-bond donors (Lipinski definition) is 0. The number of nitrogens with zero attached hydrogens (tertiary/aromatic N) is 2. The normalized spacial score (nSPS) is 14.0. The zero-order chi connectivity index (χ0) is 15.1. The predicted molar refractivity (Wildman–Crippen MR) is 81.1 cm³/mol. The highest BCUT2D eigenvalue weighted by molar-refractivity contribution is 5.83. The van der Waals surface area contributed by atoms with E-state index in [1.165, 1.54) is 12.1 Å². The lowest BCUT2D eigenvalue weighted by Gasteiger charge is -2.18. The number of ether oxygens (including phenoxy) is 1. The van der Waals surface area contributed by atoms with Gasteiger partial charge < -0.3 is 4.74 Å². The van der Waals surface area contributed by atoms with E-state index in [2.05, 4.69) is 4.98 Å². The molecule has 1 aliphatic rings. The maximum Gasteiger partial charge on any atom is 0.261 e. The minimum atomic E-state index is -0.271. The molecule has 0 saturated heterocycles. The second-order valence-electron chi connectivity index (χ2n) is 5.28. The predicted octanol–water partition coefficient (Wildman–Crippen LogP) is 2.73. The fourth-order valence-electron chi connectivity index (χ4n) is 2.75. The second-order valence-corrected chi connectivity index (χ2v) is 5.28. The maximum absolute atomic E-state index is 13.0. The van der Waals surface area contributed by atoms with Crippen molar-refractivity contribution in [2.75, 3.05) is 6.61 Å². The van der Waals surface area contributed by atoms with Crippen LogP contribution in [-0.2, 0) is 17.9 Å². The molecule has 4 nitrogen and oxygen atoms in total. The highest BCUT2D eigenvalue weighted by Gasteiger charge is 2.15. The van der Waals surface area contributed by atoms with Gasteiger partial charge in [-0.25, -0.2) is 9.37 Å². The van der Waals surface area contributed by atoms with E-state index in [0.717, 1.165) is 11.1 Å². The van der Waals surface area contributed by atoms with Crippen molar-refractivity contribution in [2.45, 2.75) is 13.2 Å². The zero-order valence-electron chi connectivity index (χ0n) is 11.8. The third kappa shape index (κ3) is 2.10. The summed E-state index contributed by atoms with van der Waals surface area (Å²) in [6, 6.07) is 11.8. The highest BCUT2D eigenvalue weighted by atomic mass is 19.1. The van der Waals surface area contributed by atoms with Gasteiger partial charge in [0.2, 0.25) is 0 Å². The first-order valence-electron chi connectivity index (χ1n) is 7.09. The Kier molecular flexibility index (Phi) is 3.01. The monoisotopic (exact) mass is 296 g/mol. The molecule has 0 N–H and O–H groups in total. The first kappa shape index (κ1) is 13.2. The smallest absolute Gasteiger partial charge is 0.261 e. The summed E-state index contributed by atoms with van der Waals surface area (Å²) in [4.78, 5) is 17.0. The van der Waals surface area contributed by atoms with Crippen molar-refractivity contribution in [1.82, 2.24) is 9.55 Å². The van der Waals surface area contributed by atoms with Crippen LogP contribution in [-0.4, -0.2) is 16.2 Å². The second kappa shape index (κ2) is 5.03. The van der Waals surface area contributed by atoms with Crippen LogP contribution in [0.4, 0.5) is 4.39 Å². The first-order chi connectivity index (χ1) is 10.7. The lowest BCUT2D eigenvalue weighted by atomic mass is 10.0. The number of halogens is 1. The summed E-state index contributed by atoms with van der Waals surface area (Å²) in [7, 11) is 0. The van der Waals surface area contributed by atoms with E-state index >= 15 is 0 Å². The summed E-state index contributed by atoms with van der Waals surface area (Å²) in [6.07, 6.45) is 0. The first-order valence-corrected chi connectivity index (χ1v) is 7.09. The molecule has 2 aromatic carbocycles. The summed E-state index contributed by atoms with van der Waals surface area (Å²) < 4.78 is 20.1. The third-order valence-corrected chi connectivity index (χ3v) is 3.90. The van der Waals surface area contributed by atoms with E-state index in [1.807, 2.05) is 12.1 Å². The molecule has 0 aliphatic carbocycles. The molecule has 0 radical (unpaired) electrons. The number of aromatic nitrogens is 2. The SMILES string of the molecule is O=c1c2ccc(-c3ccc(F)cc3)cc2nc2n1CCOC2. The minimum absolute atomic E-state index is 0.0334. The van der Waals surface area contributed by atoms with Crippen LogP contribution < -0.4 is 5.56 Å². The van der Waals surface area contributed by atoms with Crippen molar-refractivity contribution in [3.05, 3.63) is 64.5 Å². The van der Waals surface area contributed by atoms with E-state index < -0.39 is 0 Å². The summed E-state index contributed by atoms with van der Waals surface area (Å²) in [5.41, 5.74) is 2.40. The Balaban J connectivity index is 1.90. The fraction of sp³-hybridized carbons (Fsp3) is 0.176.